The number of ether oxygens (including phenoxy) is 6. The summed E-state index contributed by atoms with van der Waals surface area (Å²) in [6.07, 6.45) is 8.62. The van der Waals surface area contributed by atoms with Crippen LogP contribution in [0.1, 0.15) is 155 Å². The monoisotopic (exact) mass is 1020 g/mol. The number of nitrogens with one attached hydrogen (secondary N) is 1. The summed E-state index contributed by atoms with van der Waals surface area (Å²) < 4.78 is 34.1. The van der Waals surface area contributed by atoms with E-state index in [1.54, 1.807) is 6.08 Å². The summed E-state index contributed by atoms with van der Waals surface area (Å²) in [5, 5.41) is 120. The Morgan fingerprint density at radius 2 is 0.901 bits per heavy atom. The number of carbonyl (C=O) groups is 1. The third kappa shape index (κ3) is 22.4. The molecule has 0 aromatic carbocycles. The number of hydrogen-bond donors (Lipinski definition) is 12. The van der Waals surface area contributed by atoms with Gasteiger partial charge in [0.25, 0.3) is 0 Å². The highest BCUT2D eigenvalue weighted by atomic mass is 16.8. The third-order valence-electron chi connectivity index (χ3n) is 13.4. The molecule has 3 aliphatic heterocycles. The molecule has 1 amide bonds. The summed E-state index contributed by atoms with van der Waals surface area (Å²) >= 11 is 0. The second-order valence-corrected chi connectivity index (χ2v) is 19.3. The van der Waals surface area contributed by atoms with Crippen LogP contribution in [0.4, 0.5) is 0 Å². The lowest BCUT2D eigenvalue weighted by atomic mass is 9.96. The van der Waals surface area contributed by atoms with Crippen LogP contribution >= 0.6 is 0 Å². The Hall–Kier alpha value is -1.99. The summed E-state index contributed by atoms with van der Waals surface area (Å²) in [4.78, 5) is 13.2. The van der Waals surface area contributed by atoms with Crippen LogP contribution in [0.2, 0.25) is 0 Å². The molecule has 19 heteroatoms. The van der Waals surface area contributed by atoms with Crippen molar-refractivity contribution in [3.8, 4) is 0 Å². The molecule has 0 aromatic rings. The number of unbranched alkanes of at least 4 members (excludes halogenated alkanes) is 17. The van der Waals surface area contributed by atoms with Crippen LogP contribution in [0, 0.1) is 0 Å². The molecule has 0 saturated carbocycles. The standard InChI is InChI=1S/C52H93NO18/c1-3-5-7-9-11-13-15-16-17-18-20-21-23-25-27-29-36(57)35(53-40(58)30-28-26-24-22-19-14-12-10-8-6-4-2)34-66-50-46(64)43(61)48(38(32-55)68-50)71-52-47(65)44(62)49(39(33-56)69-52)70-51-45(63)42(60)41(59)37(31-54)67-51/h15-16,20-21,27,29,35-39,41-52,54-57,59-65H,3-14,17-19,22-26,28,30-34H2,1-2H3,(H,53,58)/b16-15+,21-20+,29-27+. The van der Waals surface area contributed by atoms with Crippen LogP contribution in [0.15, 0.2) is 36.5 Å². The number of aliphatic hydroxyl groups excluding tert-OH is 11. The third-order valence-corrected chi connectivity index (χ3v) is 13.4. The summed E-state index contributed by atoms with van der Waals surface area (Å²) in [5.41, 5.74) is 0. The van der Waals surface area contributed by atoms with E-state index in [0.29, 0.717) is 12.8 Å². The maximum absolute atomic E-state index is 13.2. The van der Waals surface area contributed by atoms with E-state index in [1.165, 1.54) is 77.0 Å². The largest absolute Gasteiger partial charge is 0.394 e. The zero-order valence-corrected chi connectivity index (χ0v) is 42.4. The van der Waals surface area contributed by atoms with E-state index in [9.17, 15) is 61.0 Å². The van der Waals surface area contributed by atoms with Crippen LogP contribution in [-0.4, -0.2) is 193 Å². The van der Waals surface area contributed by atoms with Gasteiger partial charge in [0.15, 0.2) is 18.9 Å². The van der Waals surface area contributed by atoms with Gasteiger partial charge in [0, 0.05) is 6.42 Å². The van der Waals surface area contributed by atoms with Crippen LogP contribution in [-0.2, 0) is 33.2 Å². The van der Waals surface area contributed by atoms with E-state index in [-0.39, 0.29) is 18.9 Å². The minimum Gasteiger partial charge on any atom is -0.394 e. The Labute approximate surface area is 421 Å². The van der Waals surface area contributed by atoms with Gasteiger partial charge >= 0.3 is 0 Å². The Kier molecular flexibility index (Phi) is 32.9. The molecule has 19 nitrogen and oxygen atoms in total. The predicted molar refractivity (Wildman–Crippen MR) is 263 cm³/mol. The first-order chi connectivity index (χ1) is 34.3. The minimum absolute atomic E-state index is 0.233. The molecule has 0 aromatic heterocycles. The fourth-order valence-electron chi connectivity index (χ4n) is 8.93. The molecule has 3 heterocycles. The lowest BCUT2D eigenvalue weighted by Crippen LogP contribution is -2.66. The topological polar surface area (TPSA) is 307 Å². The summed E-state index contributed by atoms with van der Waals surface area (Å²) in [5.74, 6) is -0.294. The van der Waals surface area contributed by atoms with Crippen molar-refractivity contribution in [2.24, 2.45) is 0 Å². The van der Waals surface area contributed by atoms with Crippen molar-refractivity contribution in [2.45, 2.75) is 259 Å². The Morgan fingerprint density at radius 3 is 1.41 bits per heavy atom. The quantitative estimate of drug-likeness (QED) is 0.0314. The van der Waals surface area contributed by atoms with Gasteiger partial charge in [-0.3, -0.25) is 4.79 Å². The maximum atomic E-state index is 13.2. The van der Waals surface area contributed by atoms with Gasteiger partial charge in [0.2, 0.25) is 5.91 Å². The SMILES string of the molecule is CCCCCCC/C=C/CC/C=C/CC/C=C/C(O)C(COC1OC(CO)C(OC2OC(CO)C(OC3OC(CO)C(O)C(O)C3O)C(O)C2O)C(O)C1O)NC(=O)CCCCCCCCCCCCC. The Bertz CT molecular complexity index is 1450. The fraction of sp³-hybridized carbons (Fsp3) is 0.865. The smallest absolute Gasteiger partial charge is 0.220 e. The zero-order valence-electron chi connectivity index (χ0n) is 42.4. The minimum atomic E-state index is -1.98. The molecule has 3 fully saturated rings. The first-order valence-corrected chi connectivity index (χ1v) is 26.7. The molecule has 0 radical (unpaired) electrons. The maximum Gasteiger partial charge on any atom is 0.220 e. The molecule has 0 spiro atoms. The van der Waals surface area contributed by atoms with Crippen LogP contribution < -0.4 is 5.32 Å². The van der Waals surface area contributed by atoms with Crippen molar-refractivity contribution in [3.05, 3.63) is 36.5 Å². The second kappa shape index (κ2) is 36.9. The number of rotatable bonds is 37. The summed E-state index contributed by atoms with van der Waals surface area (Å²) in [6.45, 7) is 1.63. The highest BCUT2D eigenvalue weighted by molar-refractivity contribution is 5.76. The van der Waals surface area contributed by atoms with Gasteiger partial charge in [-0.25, -0.2) is 0 Å². The molecular formula is C52H93NO18. The van der Waals surface area contributed by atoms with Crippen LogP contribution in [0.25, 0.3) is 0 Å². The van der Waals surface area contributed by atoms with E-state index in [2.05, 4.69) is 43.5 Å². The van der Waals surface area contributed by atoms with E-state index < -0.39 is 124 Å². The lowest BCUT2D eigenvalue weighted by Gasteiger charge is -2.48. The lowest BCUT2D eigenvalue weighted by molar-refractivity contribution is -0.379. The molecule has 17 unspecified atom stereocenters. The number of allylic oxidation sites excluding steroid dienone is 5. The molecule has 3 rings (SSSR count). The van der Waals surface area contributed by atoms with E-state index >= 15 is 0 Å². The van der Waals surface area contributed by atoms with Crippen molar-refractivity contribution in [1.82, 2.24) is 5.32 Å². The molecule has 17 atom stereocenters. The van der Waals surface area contributed by atoms with Gasteiger partial charge in [0.05, 0.1) is 38.6 Å². The first kappa shape index (κ1) is 63.3. The number of aliphatic hydroxyl groups is 11. The highest BCUT2D eigenvalue weighted by Gasteiger charge is 2.53. The molecular weight excluding hydrogens is 927 g/mol. The van der Waals surface area contributed by atoms with Gasteiger partial charge in [0.1, 0.15) is 73.2 Å². The van der Waals surface area contributed by atoms with Gasteiger partial charge in [-0.2, -0.15) is 0 Å². The van der Waals surface area contributed by atoms with Gasteiger partial charge in [-0.1, -0.05) is 140 Å². The van der Waals surface area contributed by atoms with E-state index in [1.807, 2.05) is 6.08 Å². The highest BCUT2D eigenvalue weighted by Crippen LogP contribution is 2.33. The zero-order chi connectivity index (χ0) is 52.0. The van der Waals surface area contributed by atoms with Crippen LogP contribution in [0.3, 0.4) is 0 Å². The molecule has 3 saturated heterocycles. The average molecular weight is 1020 g/mol. The van der Waals surface area contributed by atoms with Gasteiger partial charge in [-0.05, 0) is 44.9 Å². The van der Waals surface area contributed by atoms with E-state index in [0.717, 1.165) is 44.9 Å². The number of hydrogen-bond acceptors (Lipinski definition) is 18. The summed E-state index contributed by atoms with van der Waals surface area (Å²) in [7, 11) is 0. The second-order valence-electron chi connectivity index (χ2n) is 19.3. The molecule has 0 bridgehead atoms. The molecule has 3 aliphatic rings. The van der Waals surface area contributed by atoms with Crippen molar-refractivity contribution >= 4 is 5.91 Å². The Morgan fingerprint density at radius 1 is 0.493 bits per heavy atom. The van der Waals surface area contributed by atoms with Crippen molar-refractivity contribution in [2.75, 3.05) is 26.4 Å². The van der Waals surface area contributed by atoms with Gasteiger partial charge in [-0.15, -0.1) is 0 Å². The first-order valence-electron chi connectivity index (χ1n) is 26.7. The number of amides is 1. The van der Waals surface area contributed by atoms with Crippen LogP contribution in [0.5, 0.6) is 0 Å². The Balaban J connectivity index is 1.57. The van der Waals surface area contributed by atoms with Crippen molar-refractivity contribution in [3.63, 3.8) is 0 Å². The van der Waals surface area contributed by atoms with Crippen molar-refractivity contribution < 1.29 is 89.4 Å². The average Bonchev–Trinajstić information content (AvgIpc) is 3.36. The van der Waals surface area contributed by atoms with Crippen molar-refractivity contribution in [1.29, 1.82) is 0 Å². The normalized spacial score (nSPS) is 32.5. The molecule has 12 N–H and O–H groups in total. The fourth-order valence-corrected chi connectivity index (χ4v) is 8.93. The molecule has 0 aliphatic carbocycles. The van der Waals surface area contributed by atoms with E-state index in [4.69, 9.17) is 28.4 Å². The molecule has 414 valence electrons. The predicted octanol–water partition coefficient (Wildman–Crippen LogP) is 2.59. The van der Waals surface area contributed by atoms with Gasteiger partial charge < -0.3 is 89.9 Å². The molecule has 71 heavy (non-hydrogen) atoms. The summed E-state index contributed by atoms with van der Waals surface area (Å²) in [6, 6.07) is -0.990. The number of carbonyl (C=O) groups excluding carboxylic acids is 1.